The fourth-order valence-corrected chi connectivity index (χ4v) is 24.4. The molecule has 8 N–H and O–H groups in total. The van der Waals surface area contributed by atoms with Crippen LogP contribution in [-0.4, -0.2) is 221 Å². The number of amides is 8. The topological polar surface area (TPSA) is 451 Å². The number of halogens is 8. The van der Waals surface area contributed by atoms with Crippen molar-refractivity contribution in [1.29, 1.82) is 0 Å². The molecule has 0 radical (unpaired) electrons. The lowest BCUT2D eigenvalue weighted by atomic mass is 9.95. The monoisotopic (exact) mass is 1880 g/mol. The number of rotatable bonds is 16. The lowest BCUT2D eigenvalue weighted by Crippen LogP contribution is -2.70. The first-order chi connectivity index (χ1) is 56.2. The highest BCUT2D eigenvalue weighted by molar-refractivity contribution is 8.02. The summed E-state index contributed by atoms with van der Waals surface area (Å²) in [7, 11) is 0. The summed E-state index contributed by atoms with van der Waals surface area (Å²) in [6.07, 6.45) is 0. The van der Waals surface area contributed by atoms with E-state index in [0.29, 0.717) is 62.4 Å². The number of aryl methyl sites for hydroxylation is 4. The Morgan fingerprint density at radius 2 is 0.483 bits per heavy atom. The van der Waals surface area contributed by atoms with Crippen LogP contribution in [0.5, 0.6) is 0 Å². The number of carboxylic acid groups (broad SMARTS) is 4. The molecule has 4 aromatic carbocycles. The Hall–Kier alpha value is -8.92. The van der Waals surface area contributed by atoms with Crippen LogP contribution in [0.3, 0.4) is 0 Å². The average Bonchev–Trinajstić information content (AvgIpc) is 1.58. The highest BCUT2D eigenvalue weighted by Crippen LogP contribution is 2.56. The van der Waals surface area contributed by atoms with Crippen LogP contribution in [0.2, 0.25) is 40.2 Å². The number of carboxylic acids is 4. The quantitative estimate of drug-likeness (QED) is 0.0416. The highest BCUT2D eigenvalue weighted by Gasteiger charge is 2.68. The summed E-state index contributed by atoms with van der Waals surface area (Å²) >= 11 is 55.4. The van der Waals surface area contributed by atoms with E-state index in [2.05, 4.69) is 41.9 Å². The van der Waals surface area contributed by atoms with Crippen LogP contribution in [0.1, 0.15) is 120 Å². The zero-order valence-electron chi connectivity index (χ0n) is 64.4. The number of nitrogens with zero attached hydrogens (tertiary/aromatic N) is 8. The summed E-state index contributed by atoms with van der Waals surface area (Å²) in [5.74, 6) is -7.37. The molecule has 120 heavy (non-hydrogen) atoms. The molecular weight excluding hydrogens is 1810 g/mol. The highest BCUT2D eigenvalue weighted by atomic mass is 35.5. The maximum absolute atomic E-state index is 13.1. The van der Waals surface area contributed by atoms with Gasteiger partial charge in [-0.05, 0) is 132 Å². The summed E-state index contributed by atoms with van der Waals surface area (Å²) in [6, 6.07) is 12.4. The third-order valence-electron chi connectivity index (χ3n) is 21.0. The molecular formula is C76H68Cl8N12O20S4. The van der Waals surface area contributed by atoms with Gasteiger partial charge < -0.3 is 79.4 Å². The molecule has 632 valence electrons. The Balaban J connectivity index is 0.000000138. The van der Waals surface area contributed by atoms with Crippen molar-refractivity contribution in [3.8, 4) is 45.0 Å². The zero-order valence-corrected chi connectivity index (χ0v) is 73.7. The van der Waals surface area contributed by atoms with Gasteiger partial charge in [0, 0.05) is 41.2 Å². The molecule has 0 unspecified atom stereocenters. The Morgan fingerprint density at radius 1 is 0.325 bits per heavy atom. The van der Waals surface area contributed by atoms with Crippen LogP contribution < -0.4 is 21.3 Å². The minimum Gasteiger partial charge on any atom is -0.480 e. The number of hydrogen-bond acceptors (Lipinski definition) is 24. The fraction of sp³-hybridized carbons (Fsp3) is 0.368. The van der Waals surface area contributed by atoms with E-state index in [4.69, 9.17) is 111 Å². The Bertz CT molecular complexity index is 4940. The minimum absolute atomic E-state index is 0.119. The first-order valence-corrected chi connectivity index (χ1v) is 42.5. The predicted molar refractivity (Wildman–Crippen MR) is 447 cm³/mol. The van der Waals surface area contributed by atoms with E-state index in [0.717, 1.165) is 0 Å². The van der Waals surface area contributed by atoms with Gasteiger partial charge in [-0.25, -0.2) is 19.2 Å². The number of hydrogen-bond donors (Lipinski definition) is 8. The third kappa shape index (κ3) is 15.5. The summed E-state index contributed by atoms with van der Waals surface area (Å²) in [5.41, 5.74) is 2.58. The van der Waals surface area contributed by atoms with Crippen LogP contribution in [0, 0.1) is 27.7 Å². The van der Waals surface area contributed by atoms with E-state index in [-0.39, 0.29) is 68.1 Å². The van der Waals surface area contributed by atoms with Gasteiger partial charge in [0.05, 0.1) is 40.2 Å². The molecule has 32 nitrogen and oxygen atoms in total. The number of β-lactam (4-membered cyclic amide) rings is 4. The second kappa shape index (κ2) is 33.0. The summed E-state index contributed by atoms with van der Waals surface area (Å²) in [5, 5.41) is 65.1. The van der Waals surface area contributed by atoms with Crippen LogP contribution in [0.25, 0.3) is 45.0 Å². The first-order valence-electron chi connectivity index (χ1n) is 35.9. The molecule has 12 heterocycles. The van der Waals surface area contributed by atoms with Gasteiger partial charge in [0.1, 0.15) is 138 Å². The van der Waals surface area contributed by atoms with Crippen LogP contribution in [-0.2, 0) is 38.4 Å². The number of carbonyl (C=O) groups excluding carboxylic acids is 8. The molecule has 16 rings (SSSR count). The number of aliphatic carboxylic acids is 4. The van der Waals surface area contributed by atoms with Gasteiger partial charge >= 0.3 is 23.9 Å². The van der Waals surface area contributed by atoms with Crippen molar-refractivity contribution < 1.29 is 96.1 Å². The molecule has 0 bridgehead atoms. The normalized spacial score (nSPS) is 24.4. The van der Waals surface area contributed by atoms with Gasteiger partial charge in [0.25, 0.3) is 23.6 Å². The van der Waals surface area contributed by atoms with Crippen LogP contribution >= 0.6 is 140 Å². The Morgan fingerprint density at radius 3 is 0.633 bits per heavy atom. The number of carbonyl (C=O) groups is 12. The predicted octanol–water partition coefficient (Wildman–Crippen LogP) is 12.8. The van der Waals surface area contributed by atoms with Crippen molar-refractivity contribution in [2.75, 3.05) is 0 Å². The number of benzene rings is 4. The summed E-state index contributed by atoms with van der Waals surface area (Å²) in [4.78, 5) is 155. The van der Waals surface area contributed by atoms with E-state index in [1.165, 1.54) is 66.6 Å². The maximum atomic E-state index is 13.1. The summed E-state index contributed by atoms with van der Waals surface area (Å²) in [6.45, 7) is 20.4. The molecule has 8 amide bonds. The smallest absolute Gasteiger partial charge is 0.327 e. The molecule has 8 aromatic rings. The summed E-state index contributed by atoms with van der Waals surface area (Å²) < 4.78 is 18.1. The lowest BCUT2D eigenvalue weighted by Gasteiger charge is -2.43. The molecule has 12 atom stereocenters. The molecule has 8 fully saturated rings. The van der Waals surface area contributed by atoms with Crippen molar-refractivity contribution in [2.24, 2.45) is 0 Å². The lowest BCUT2D eigenvalue weighted by molar-refractivity contribution is -0.159. The largest absolute Gasteiger partial charge is 0.480 e. The van der Waals surface area contributed by atoms with Crippen molar-refractivity contribution >= 4 is 211 Å². The van der Waals surface area contributed by atoms with E-state index < -0.39 is 160 Å². The Labute approximate surface area is 738 Å². The molecule has 4 aromatic heterocycles. The van der Waals surface area contributed by atoms with Crippen LogP contribution in [0.4, 0.5) is 0 Å². The standard InChI is InChI=1S/4C19H17Cl2N3O5S/c4*1-7-10(12(23-29-7)11-8(20)5-4-6-9(11)21)15(25)22-13-16(26)24-14(18(27)28)19(2,3)30-17(13)24/h4*4-6,13-14,17H,1-3H3,(H,22,25)(H,27,28)/t4*13-,14+,17-/m1111/s1. The van der Waals surface area contributed by atoms with Gasteiger partial charge in [-0.1, -0.05) is 138 Å². The number of aromatic nitrogens is 4. The SMILES string of the molecule is Cc1onc(-c2c(Cl)cccc2Cl)c1C(=O)N[C@@H]1C(=O)N2[C@@H]1SC(C)(C)[C@@H]2C(=O)O.Cc1onc(-c2c(Cl)cccc2Cl)c1C(=O)N[C@@H]1C(=O)N2[C@@H]1SC(C)(C)[C@@H]2C(=O)O.Cc1onc(-c2c(Cl)cccc2Cl)c1C(=O)N[C@@H]1C(=O)N2[C@@H]1SC(C)(C)[C@@H]2C(=O)O.Cc1onc(-c2c(Cl)cccc2Cl)c1C(=O)N[C@@H]1C(=O)N2[C@@H]1SC(C)(C)[C@@H]2C(=O)O. The minimum atomic E-state index is -1.07. The van der Waals surface area contributed by atoms with Crippen molar-refractivity contribution in [2.45, 2.75) is 172 Å². The molecule has 44 heteroatoms. The molecule has 0 aliphatic carbocycles. The van der Waals surface area contributed by atoms with E-state index in [1.54, 1.807) is 156 Å². The van der Waals surface area contributed by atoms with E-state index in [1.807, 2.05) is 0 Å². The Kier molecular flexibility index (Phi) is 24.5. The second-order valence-electron chi connectivity index (χ2n) is 30.4. The third-order valence-corrected chi connectivity index (χ3v) is 29.8. The molecule has 8 saturated heterocycles. The van der Waals surface area contributed by atoms with E-state index in [9.17, 15) is 78.0 Å². The number of thioether (sulfide) groups is 4. The number of fused-ring (bicyclic) bond motifs is 4. The van der Waals surface area contributed by atoms with Gasteiger partial charge in [0.2, 0.25) is 23.6 Å². The zero-order chi connectivity index (χ0) is 87.8. The molecule has 0 saturated carbocycles. The van der Waals surface area contributed by atoms with Crippen molar-refractivity contribution in [3.05, 3.63) is 158 Å². The second-order valence-corrected chi connectivity index (χ2v) is 40.8. The van der Waals surface area contributed by atoms with Gasteiger partial charge in [-0.15, -0.1) is 47.0 Å². The van der Waals surface area contributed by atoms with Crippen molar-refractivity contribution in [1.82, 2.24) is 61.5 Å². The average molecular weight is 1880 g/mol. The fourth-order valence-electron chi connectivity index (χ4n) is 15.6. The van der Waals surface area contributed by atoms with E-state index >= 15 is 0 Å². The molecule has 8 aliphatic heterocycles. The van der Waals surface area contributed by atoms with Gasteiger partial charge in [-0.2, -0.15) is 0 Å². The molecule has 0 spiro atoms. The first kappa shape index (κ1) is 88.9. The van der Waals surface area contributed by atoms with Gasteiger partial charge in [0.15, 0.2) is 0 Å². The number of nitrogens with one attached hydrogen (secondary N) is 4. The van der Waals surface area contributed by atoms with Gasteiger partial charge in [-0.3, -0.25) is 38.4 Å². The molecule has 8 aliphatic rings. The van der Waals surface area contributed by atoms with Crippen LogP contribution in [0.15, 0.2) is 90.9 Å². The maximum Gasteiger partial charge on any atom is 0.327 e. The van der Waals surface area contributed by atoms with Crippen molar-refractivity contribution in [3.63, 3.8) is 0 Å².